The van der Waals surface area contributed by atoms with E-state index in [1.165, 1.54) is 5.56 Å². The number of halogens is 1. The third-order valence-corrected chi connectivity index (χ3v) is 3.58. The normalized spacial score (nSPS) is 10.1. The third-order valence-electron chi connectivity index (χ3n) is 3.05. The summed E-state index contributed by atoms with van der Waals surface area (Å²) in [7, 11) is 1.76. The molecule has 0 aliphatic rings. The molecule has 0 atom stereocenters. The number of hydrogen-bond donors (Lipinski definition) is 1. The van der Waals surface area contributed by atoms with Gasteiger partial charge < -0.3 is 5.32 Å². The quantitative estimate of drug-likeness (QED) is 0.906. The van der Waals surface area contributed by atoms with E-state index < -0.39 is 0 Å². The highest BCUT2D eigenvalue weighted by Crippen LogP contribution is 2.17. The fraction of sp³-hybridized carbons (Fsp3) is 0.188. The maximum Gasteiger partial charge on any atom is 0.321 e. The van der Waals surface area contributed by atoms with Crippen molar-refractivity contribution in [3.05, 3.63) is 64.6 Å². The molecule has 2 rings (SSSR count). The van der Waals surface area contributed by atoms with Crippen molar-refractivity contribution in [2.45, 2.75) is 6.42 Å². The first kappa shape index (κ1) is 14.6. The highest BCUT2D eigenvalue weighted by atomic mass is 79.9. The van der Waals surface area contributed by atoms with E-state index in [2.05, 4.69) is 33.4 Å². The number of amides is 2. The largest absolute Gasteiger partial charge is 0.337 e. The molecule has 0 aliphatic heterocycles. The summed E-state index contributed by atoms with van der Waals surface area (Å²) in [4.78, 5) is 13.6. The molecule has 1 N–H and O–H groups in total. The van der Waals surface area contributed by atoms with Crippen molar-refractivity contribution in [3.63, 3.8) is 0 Å². The monoisotopic (exact) mass is 332 g/mol. The second-order valence-electron chi connectivity index (χ2n) is 4.50. The second kappa shape index (κ2) is 7.10. The lowest BCUT2D eigenvalue weighted by Gasteiger charge is -2.18. The van der Waals surface area contributed by atoms with Gasteiger partial charge in [-0.05, 0) is 36.2 Å². The van der Waals surface area contributed by atoms with E-state index in [4.69, 9.17) is 0 Å². The summed E-state index contributed by atoms with van der Waals surface area (Å²) in [6, 6.07) is 17.7. The van der Waals surface area contributed by atoms with Crippen LogP contribution in [0.15, 0.2) is 59.1 Å². The summed E-state index contributed by atoms with van der Waals surface area (Å²) in [5, 5.41) is 2.92. The first-order chi connectivity index (χ1) is 9.66. The lowest BCUT2D eigenvalue weighted by molar-refractivity contribution is 0.247. The molecule has 0 unspecified atom stereocenters. The highest BCUT2D eigenvalue weighted by molar-refractivity contribution is 9.10. The van der Waals surface area contributed by atoms with Crippen LogP contribution in [0.2, 0.25) is 0 Å². The standard InChI is InChI=1S/C16H17BrN2O/c1-19(15-9-7-14(17)8-10-15)16(20)18-12-11-13-5-3-2-4-6-13/h2-10H,11-12H2,1H3,(H,18,20). The molecule has 0 saturated heterocycles. The van der Waals surface area contributed by atoms with Crippen LogP contribution in [0.3, 0.4) is 0 Å². The summed E-state index contributed by atoms with van der Waals surface area (Å²) in [5.41, 5.74) is 2.09. The van der Waals surface area contributed by atoms with Crippen molar-refractivity contribution in [1.29, 1.82) is 0 Å². The van der Waals surface area contributed by atoms with Crippen molar-refractivity contribution in [3.8, 4) is 0 Å². The zero-order valence-corrected chi connectivity index (χ0v) is 12.9. The summed E-state index contributed by atoms with van der Waals surface area (Å²) >= 11 is 3.38. The zero-order chi connectivity index (χ0) is 14.4. The molecule has 0 spiro atoms. The maximum absolute atomic E-state index is 12.0. The van der Waals surface area contributed by atoms with Gasteiger partial charge >= 0.3 is 6.03 Å². The van der Waals surface area contributed by atoms with Gasteiger partial charge in [0.1, 0.15) is 0 Å². The number of benzene rings is 2. The molecular weight excluding hydrogens is 316 g/mol. The Balaban J connectivity index is 1.84. The summed E-state index contributed by atoms with van der Waals surface area (Å²) < 4.78 is 0.999. The Bertz CT molecular complexity index is 554. The van der Waals surface area contributed by atoms with Crippen LogP contribution >= 0.6 is 15.9 Å². The number of rotatable bonds is 4. The van der Waals surface area contributed by atoms with Gasteiger partial charge in [0.05, 0.1) is 0 Å². The Hall–Kier alpha value is -1.81. The van der Waals surface area contributed by atoms with Crippen LogP contribution in [0.5, 0.6) is 0 Å². The van der Waals surface area contributed by atoms with Crippen molar-refractivity contribution in [2.75, 3.05) is 18.5 Å². The van der Waals surface area contributed by atoms with Crippen LogP contribution < -0.4 is 10.2 Å². The van der Waals surface area contributed by atoms with E-state index in [0.29, 0.717) is 6.54 Å². The average Bonchev–Trinajstić information content (AvgIpc) is 2.48. The summed E-state index contributed by atoms with van der Waals surface area (Å²) in [6.07, 6.45) is 0.834. The average molecular weight is 333 g/mol. The molecule has 2 amide bonds. The molecule has 2 aromatic rings. The maximum atomic E-state index is 12.0. The lowest BCUT2D eigenvalue weighted by Crippen LogP contribution is -2.38. The van der Waals surface area contributed by atoms with Crippen LogP contribution in [0, 0.1) is 0 Å². The smallest absolute Gasteiger partial charge is 0.321 e. The van der Waals surface area contributed by atoms with Crippen molar-refractivity contribution in [2.24, 2.45) is 0 Å². The SMILES string of the molecule is CN(C(=O)NCCc1ccccc1)c1ccc(Br)cc1. The number of anilines is 1. The number of nitrogens with one attached hydrogen (secondary N) is 1. The van der Waals surface area contributed by atoms with Crippen LogP contribution in [-0.2, 0) is 6.42 Å². The fourth-order valence-electron chi connectivity index (χ4n) is 1.86. The van der Waals surface area contributed by atoms with E-state index in [0.717, 1.165) is 16.6 Å². The molecule has 20 heavy (non-hydrogen) atoms. The Kier molecular flexibility index (Phi) is 5.18. The minimum Gasteiger partial charge on any atom is -0.337 e. The van der Waals surface area contributed by atoms with E-state index in [-0.39, 0.29) is 6.03 Å². The molecule has 0 radical (unpaired) electrons. The van der Waals surface area contributed by atoms with E-state index in [1.54, 1.807) is 11.9 Å². The van der Waals surface area contributed by atoms with Crippen LogP contribution in [0.4, 0.5) is 10.5 Å². The number of nitrogens with zero attached hydrogens (tertiary/aromatic N) is 1. The second-order valence-corrected chi connectivity index (χ2v) is 5.42. The van der Waals surface area contributed by atoms with Gasteiger partial charge in [-0.25, -0.2) is 4.79 Å². The van der Waals surface area contributed by atoms with Crippen LogP contribution in [-0.4, -0.2) is 19.6 Å². The molecule has 0 aromatic heterocycles. The van der Waals surface area contributed by atoms with Crippen molar-refractivity contribution < 1.29 is 4.79 Å². The molecule has 0 aliphatic carbocycles. The first-order valence-corrected chi connectivity index (χ1v) is 7.27. The molecule has 0 heterocycles. The predicted octanol–water partition coefficient (Wildman–Crippen LogP) is 3.84. The summed E-state index contributed by atoms with van der Waals surface area (Å²) in [5.74, 6) is 0. The molecule has 0 bridgehead atoms. The third kappa shape index (κ3) is 4.10. The summed E-state index contributed by atoms with van der Waals surface area (Å²) in [6.45, 7) is 0.629. The molecule has 4 heteroatoms. The molecule has 0 fully saturated rings. The van der Waals surface area contributed by atoms with Crippen LogP contribution in [0.1, 0.15) is 5.56 Å². The topological polar surface area (TPSA) is 32.3 Å². The zero-order valence-electron chi connectivity index (χ0n) is 11.3. The molecule has 0 saturated carbocycles. The number of carbonyl (C=O) groups excluding carboxylic acids is 1. The van der Waals surface area contributed by atoms with Gasteiger partial charge in [0.2, 0.25) is 0 Å². The number of carbonyl (C=O) groups is 1. The van der Waals surface area contributed by atoms with Gasteiger partial charge in [-0.2, -0.15) is 0 Å². The highest BCUT2D eigenvalue weighted by Gasteiger charge is 2.09. The van der Waals surface area contributed by atoms with Crippen molar-refractivity contribution >= 4 is 27.6 Å². The van der Waals surface area contributed by atoms with Crippen LogP contribution in [0.25, 0.3) is 0 Å². The van der Waals surface area contributed by atoms with Gasteiger partial charge in [-0.15, -0.1) is 0 Å². The minimum absolute atomic E-state index is 0.0942. The Labute approximate surface area is 127 Å². The van der Waals surface area contributed by atoms with E-state index in [1.807, 2.05) is 42.5 Å². The molecule has 104 valence electrons. The Morgan fingerprint density at radius 1 is 1.10 bits per heavy atom. The lowest BCUT2D eigenvalue weighted by atomic mass is 10.1. The van der Waals surface area contributed by atoms with Crippen molar-refractivity contribution in [1.82, 2.24) is 5.32 Å². The van der Waals surface area contributed by atoms with E-state index >= 15 is 0 Å². The van der Waals surface area contributed by atoms with Gasteiger partial charge in [0, 0.05) is 23.8 Å². The fourth-order valence-corrected chi connectivity index (χ4v) is 2.12. The van der Waals surface area contributed by atoms with Gasteiger partial charge in [-0.3, -0.25) is 4.90 Å². The molecular formula is C16H17BrN2O. The number of hydrogen-bond acceptors (Lipinski definition) is 1. The molecule has 2 aromatic carbocycles. The predicted molar refractivity (Wildman–Crippen MR) is 86.1 cm³/mol. The van der Waals surface area contributed by atoms with Gasteiger partial charge in [-0.1, -0.05) is 46.3 Å². The minimum atomic E-state index is -0.0942. The Morgan fingerprint density at radius 2 is 1.75 bits per heavy atom. The Morgan fingerprint density at radius 3 is 2.40 bits per heavy atom. The van der Waals surface area contributed by atoms with E-state index in [9.17, 15) is 4.79 Å². The first-order valence-electron chi connectivity index (χ1n) is 6.48. The molecule has 3 nitrogen and oxygen atoms in total. The number of urea groups is 1. The van der Waals surface area contributed by atoms with Gasteiger partial charge in [0.25, 0.3) is 0 Å². The van der Waals surface area contributed by atoms with Gasteiger partial charge in [0.15, 0.2) is 0 Å².